The topological polar surface area (TPSA) is 24.1 Å². The number of thiol groups is 1. The van der Waals surface area contributed by atoms with E-state index in [4.69, 9.17) is 0 Å². The fourth-order valence-electron chi connectivity index (χ4n) is 2.72. The zero-order chi connectivity index (χ0) is 19.0. The van der Waals surface area contributed by atoms with E-state index in [9.17, 15) is 0 Å². The Kier molecular flexibility index (Phi) is 18.1. The molecule has 1 saturated heterocycles. The molecule has 2 N–H and O–H groups in total. The van der Waals surface area contributed by atoms with Crippen LogP contribution in [0.25, 0.3) is 6.08 Å². The second-order valence-electron chi connectivity index (χ2n) is 5.16. The average molecular weight is 353 g/mol. The molecule has 1 fully saturated rings. The fraction of sp³-hybridized carbons (Fsp3) is 0.619. The van der Waals surface area contributed by atoms with Crippen LogP contribution in [0, 0.1) is 6.92 Å². The number of allylic oxidation sites excluding steroid dienone is 1. The molecule has 2 atom stereocenters. The van der Waals surface area contributed by atoms with Gasteiger partial charge in [-0.15, -0.1) is 0 Å². The molecule has 1 aromatic carbocycles. The van der Waals surface area contributed by atoms with E-state index in [0.717, 1.165) is 13.1 Å². The van der Waals surface area contributed by atoms with Crippen molar-refractivity contribution in [3.05, 3.63) is 41.0 Å². The van der Waals surface area contributed by atoms with Crippen LogP contribution in [0.3, 0.4) is 0 Å². The van der Waals surface area contributed by atoms with Crippen LogP contribution in [0.2, 0.25) is 0 Å². The first-order valence-electron chi connectivity index (χ1n) is 9.36. The number of aryl methyl sites for hydroxylation is 1. The van der Waals surface area contributed by atoms with Crippen LogP contribution in [-0.4, -0.2) is 25.4 Å². The Morgan fingerprint density at radius 3 is 2.33 bits per heavy atom. The average Bonchev–Trinajstić information content (AvgIpc) is 3.15. The molecule has 0 bridgehead atoms. The second-order valence-corrected chi connectivity index (χ2v) is 5.16. The standard InChI is InChI=1S/C16H24N2.2C2H6.CH4S/c1-4-6-15-12(2)7-5-8-16(15)13(3)18-14-9-10-17-11-14;3*1-2/h4-8,13-14,17-18H,9-11H2,1-3H3;2*1-2H3;2H,1H3/b6-4-;;;/t13-,14-;;;/m1.../s1. The van der Waals surface area contributed by atoms with Crippen molar-refractivity contribution >= 4 is 18.7 Å². The summed E-state index contributed by atoms with van der Waals surface area (Å²) in [4.78, 5) is 0. The van der Waals surface area contributed by atoms with E-state index in [1.807, 2.05) is 27.7 Å². The molecule has 0 spiro atoms. The smallest absolute Gasteiger partial charge is 0.0300 e. The third-order valence-electron chi connectivity index (χ3n) is 3.70. The maximum Gasteiger partial charge on any atom is 0.0300 e. The van der Waals surface area contributed by atoms with Crippen molar-refractivity contribution in [3.63, 3.8) is 0 Å². The summed E-state index contributed by atoms with van der Waals surface area (Å²) in [6, 6.07) is 7.59. The third-order valence-corrected chi connectivity index (χ3v) is 3.70. The Hall–Kier alpha value is -0.770. The predicted molar refractivity (Wildman–Crippen MR) is 116 cm³/mol. The lowest BCUT2D eigenvalue weighted by Gasteiger charge is -2.21. The molecule has 1 aliphatic heterocycles. The molecule has 2 rings (SSSR count). The van der Waals surface area contributed by atoms with Gasteiger partial charge in [0.15, 0.2) is 0 Å². The molecule has 1 aliphatic rings. The second kappa shape index (κ2) is 17.1. The molecule has 1 heterocycles. The molecule has 0 aliphatic carbocycles. The molecule has 1 aromatic rings. The third kappa shape index (κ3) is 8.91. The molecule has 0 saturated carbocycles. The SMILES string of the molecule is C/C=C\c1c(C)cccc1[C@@H](C)N[C@@H]1CCNC1.CC.CC.CS. The van der Waals surface area contributed by atoms with Crippen molar-refractivity contribution in [1.82, 2.24) is 10.6 Å². The summed E-state index contributed by atoms with van der Waals surface area (Å²) in [6.07, 6.45) is 7.26. The first kappa shape index (κ1) is 25.5. The molecule has 0 radical (unpaired) electrons. The maximum atomic E-state index is 3.72. The molecule has 0 unspecified atom stereocenters. The summed E-state index contributed by atoms with van der Waals surface area (Å²) < 4.78 is 0. The lowest BCUT2D eigenvalue weighted by Crippen LogP contribution is -2.33. The number of hydrogen-bond donors (Lipinski definition) is 3. The van der Waals surface area contributed by atoms with Gasteiger partial charge in [0, 0.05) is 18.6 Å². The maximum absolute atomic E-state index is 3.72. The van der Waals surface area contributed by atoms with Crippen molar-refractivity contribution in [2.75, 3.05) is 19.3 Å². The highest BCUT2D eigenvalue weighted by Gasteiger charge is 2.18. The van der Waals surface area contributed by atoms with Crippen molar-refractivity contribution in [1.29, 1.82) is 0 Å². The van der Waals surface area contributed by atoms with Gasteiger partial charge in [0.1, 0.15) is 0 Å². The van der Waals surface area contributed by atoms with Gasteiger partial charge in [-0.05, 0) is 56.7 Å². The number of benzene rings is 1. The quantitative estimate of drug-likeness (QED) is 0.611. The van der Waals surface area contributed by atoms with E-state index in [-0.39, 0.29) is 0 Å². The summed E-state index contributed by atoms with van der Waals surface area (Å²) in [7, 11) is 0. The molecule has 0 amide bonds. The van der Waals surface area contributed by atoms with Crippen LogP contribution in [0.4, 0.5) is 0 Å². The first-order chi connectivity index (χ1) is 11.7. The van der Waals surface area contributed by atoms with Crippen molar-refractivity contribution in [3.8, 4) is 0 Å². The van der Waals surface area contributed by atoms with Gasteiger partial charge in [0.05, 0.1) is 0 Å². The Morgan fingerprint density at radius 2 is 1.83 bits per heavy atom. The molecule has 0 aromatic heterocycles. The normalized spacial score (nSPS) is 17.0. The van der Waals surface area contributed by atoms with Gasteiger partial charge in [0.2, 0.25) is 0 Å². The van der Waals surface area contributed by atoms with Gasteiger partial charge < -0.3 is 10.6 Å². The van der Waals surface area contributed by atoms with E-state index in [1.54, 1.807) is 6.26 Å². The highest BCUT2D eigenvalue weighted by molar-refractivity contribution is 7.79. The zero-order valence-electron chi connectivity index (χ0n) is 17.1. The number of nitrogens with one attached hydrogen (secondary N) is 2. The van der Waals surface area contributed by atoms with Crippen LogP contribution in [-0.2, 0) is 0 Å². The van der Waals surface area contributed by atoms with Crippen LogP contribution in [0.5, 0.6) is 0 Å². The Labute approximate surface area is 156 Å². The van der Waals surface area contributed by atoms with Gasteiger partial charge >= 0.3 is 0 Å². The highest BCUT2D eigenvalue weighted by Crippen LogP contribution is 2.23. The zero-order valence-corrected chi connectivity index (χ0v) is 18.0. The van der Waals surface area contributed by atoms with Crippen molar-refractivity contribution in [2.45, 2.75) is 67.0 Å². The van der Waals surface area contributed by atoms with Crippen LogP contribution >= 0.6 is 12.6 Å². The van der Waals surface area contributed by atoms with Crippen LogP contribution in [0.15, 0.2) is 24.3 Å². The predicted octanol–water partition coefficient (Wildman–Crippen LogP) is 5.64. The van der Waals surface area contributed by atoms with Gasteiger partial charge in [-0.2, -0.15) is 12.6 Å². The number of rotatable bonds is 4. The summed E-state index contributed by atoms with van der Waals surface area (Å²) in [5, 5.41) is 7.13. The van der Waals surface area contributed by atoms with E-state index in [1.165, 1.54) is 23.1 Å². The van der Waals surface area contributed by atoms with Crippen molar-refractivity contribution in [2.24, 2.45) is 0 Å². The molecule has 24 heavy (non-hydrogen) atoms. The lowest BCUT2D eigenvalue weighted by molar-refractivity contribution is 0.478. The first-order valence-corrected chi connectivity index (χ1v) is 10.3. The lowest BCUT2D eigenvalue weighted by atomic mass is 9.96. The highest BCUT2D eigenvalue weighted by atomic mass is 32.1. The molecular weight excluding hydrogens is 312 g/mol. The Balaban J connectivity index is 0. The van der Waals surface area contributed by atoms with Gasteiger partial charge in [0.25, 0.3) is 0 Å². The minimum absolute atomic E-state index is 0.404. The Morgan fingerprint density at radius 1 is 1.21 bits per heavy atom. The molecule has 140 valence electrons. The van der Waals surface area contributed by atoms with Gasteiger partial charge in [-0.3, -0.25) is 0 Å². The van der Waals surface area contributed by atoms with Gasteiger partial charge in [-0.1, -0.05) is 58.0 Å². The summed E-state index contributed by atoms with van der Waals surface area (Å²) in [5.74, 6) is 0. The van der Waals surface area contributed by atoms with E-state index < -0.39 is 0 Å². The molecule has 2 nitrogen and oxygen atoms in total. The van der Waals surface area contributed by atoms with Gasteiger partial charge in [-0.25, -0.2) is 0 Å². The molecular formula is C21H40N2S. The van der Waals surface area contributed by atoms with Crippen LogP contribution < -0.4 is 10.6 Å². The number of hydrogen-bond acceptors (Lipinski definition) is 3. The van der Waals surface area contributed by atoms with Crippen molar-refractivity contribution < 1.29 is 0 Å². The van der Waals surface area contributed by atoms with E-state index in [2.05, 4.69) is 74.4 Å². The minimum atomic E-state index is 0.404. The van der Waals surface area contributed by atoms with Crippen LogP contribution in [0.1, 0.15) is 70.7 Å². The minimum Gasteiger partial charge on any atom is -0.315 e. The fourth-order valence-corrected chi connectivity index (χ4v) is 2.72. The van der Waals surface area contributed by atoms with E-state index >= 15 is 0 Å². The summed E-state index contributed by atoms with van der Waals surface area (Å²) >= 11 is 3.53. The summed E-state index contributed by atoms with van der Waals surface area (Å²) in [6.45, 7) is 16.8. The molecule has 3 heteroatoms. The van der Waals surface area contributed by atoms with E-state index in [0.29, 0.717) is 12.1 Å². The Bertz CT molecular complexity index is 424. The monoisotopic (exact) mass is 352 g/mol. The largest absolute Gasteiger partial charge is 0.315 e. The summed E-state index contributed by atoms with van der Waals surface area (Å²) in [5.41, 5.74) is 4.12.